The Hall–Kier alpha value is 0.350. The molecule has 2 saturated carbocycles. The Labute approximate surface area is 92.2 Å². The van der Waals surface area contributed by atoms with Crippen molar-refractivity contribution in [2.75, 3.05) is 0 Å². The molecule has 0 radical (unpaired) electrons. The molecular weight excluding hydrogens is 188 g/mol. The summed E-state index contributed by atoms with van der Waals surface area (Å²) in [5, 5.41) is 2.13. The fraction of sp³-hybridized carbons (Fsp3) is 1.00. The van der Waals surface area contributed by atoms with Crippen molar-refractivity contribution in [3.8, 4) is 0 Å². The molecule has 1 heteroatoms. The highest BCUT2D eigenvalue weighted by Gasteiger charge is 2.47. The lowest BCUT2D eigenvalue weighted by Gasteiger charge is -2.36. The Morgan fingerprint density at radius 2 is 1.64 bits per heavy atom. The molecule has 1 heterocycles. The molecule has 80 valence electrons. The maximum absolute atomic E-state index is 2.52. The van der Waals surface area contributed by atoms with Gasteiger partial charge >= 0.3 is 0 Å². The van der Waals surface area contributed by atoms with Crippen LogP contribution in [0.3, 0.4) is 0 Å². The number of fused-ring (bicyclic) bond motifs is 3. The summed E-state index contributed by atoms with van der Waals surface area (Å²) in [7, 11) is 0. The van der Waals surface area contributed by atoms with E-state index in [9.17, 15) is 0 Å². The van der Waals surface area contributed by atoms with Gasteiger partial charge in [-0.1, -0.05) is 32.6 Å². The minimum Gasteiger partial charge on any atom is -0.155 e. The van der Waals surface area contributed by atoms with Crippen LogP contribution in [0.25, 0.3) is 0 Å². The number of rotatable bonds is 0. The molecule has 3 rings (SSSR count). The van der Waals surface area contributed by atoms with Crippen molar-refractivity contribution in [3.63, 3.8) is 0 Å². The maximum atomic E-state index is 2.52. The highest BCUT2D eigenvalue weighted by atomic mass is 32.2. The Bertz CT molecular complexity index is 213. The lowest BCUT2D eigenvalue weighted by atomic mass is 9.69. The average molecular weight is 210 g/mol. The van der Waals surface area contributed by atoms with Crippen LogP contribution in [-0.2, 0) is 0 Å². The smallest absolute Gasteiger partial charge is 0.00837 e. The zero-order valence-electron chi connectivity index (χ0n) is 9.24. The van der Waals surface area contributed by atoms with Crippen LogP contribution in [-0.4, -0.2) is 10.5 Å². The van der Waals surface area contributed by atoms with Gasteiger partial charge in [0, 0.05) is 10.5 Å². The van der Waals surface area contributed by atoms with E-state index in [1.807, 2.05) is 0 Å². The molecule has 0 aromatic rings. The van der Waals surface area contributed by atoms with Crippen molar-refractivity contribution < 1.29 is 0 Å². The van der Waals surface area contributed by atoms with Gasteiger partial charge in [0.15, 0.2) is 0 Å². The summed E-state index contributed by atoms with van der Waals surface area (Å²) < 4.78 is 0. The zero-order valence-corrected chi connectivity index (χ0v) is 10.1. The summed E-state index contributed by atoms with van der Waals surface area (Å²) in [4.78, 5) is 0. The summed E-state index contributed by atoms with van der Waals surface area (Å²) in [6.07, 6.45) is 10.7. The molecule has 0 bridgehead atoms. The molecular formula is C13H22S. The fourth-order valence-electron chi connectivity index (χ4n) is 4.21. The molecule has 0 spiro atoms. The molecule has 2 aliphatic carbocycles. The molecule has 3 aliphatic rings. The molecule has 0 nitrogen and oxygen atoms in total. The van der Waals surface area contributed by atoms with Crippen LogP contribution in [0.15, 0.2) is 0 Å². The molecule has 0 N–H and O–H groups in total. The quantitative estimate of drug-likeness (QED) is 0.580. The van der Waals surface area contributed by atoms with E-state index in [2.05, 4.69) is 18.7 Å². The third-order valence-corrected chi connectivity index (χ3v) is 6.67. The summed E-state index contributed by atoms with van der Waals surface area (Å²) in [6, 6.07) is 0. The molecule has 5 atom stereocenters. The predicted octanol–water partition coefficient (Wildman–Crippen LogP) is 4.10. The van der Waals surface area contributed by atoms with Crippen LogP contribution in [0.2, 0.25) is 0 Å². The Kier molecular flexibility index (Phi) is 2.55. The Balaban J connectivity index is 1.80. The van der Waals surface area contributed by atoms with E-state index in [1.54, 1.807) is 6.42 Å². The van der Waals surface area contributed by atoms with Gasteiger partial charge in [-0.05, 0) is 37.0 Å². The highest BCUT2D eigenvalue weighted by Crippen LogP contribution is 2.56. The maximum Gasteiger partial charge on any atom is 0.00837 e. The van der Waals surface area contributed by atoms with Gasteiger partial charge in [-0.3, -0.25) is 0 Å². The second-order valence-corrected chi connectivity index (χ2v) is 7.13. The number of hydrogen-bond acceptors (Lipinski definition) is 1. The monoisotopic (exact) mass is 210 g/mol. The van der Waals surface area contributed by atoms with Gasteiger partial charge in [0.25, 0.3) is 0 Å². The van der Waals surface area contributed by atoms with E-state index in [0.29, 0.717) is 0 Å². The molecule has 0 aromatic heterocycles. The van der Waals surface area contributed by atoms with E-state index in [4.69, 9.17) is 0 Å². The van der Waals surface area contributed by atoms with E-state index in [-0.39, 0.29) is 0 Å². The first-order valence-electron chi connectivity index (χ1n) is 6.52. The number of hydrogen-bond donors (Lipinski definition) is 0. The van der Waals surface area contributed by atoms with Crippen LogP contribution in [0, 0.1) is 17.8 Å². The van der Waals surface area contributed by atoms with Crippen LogP contribution in [0.5, 0.6) is 0 Å². The Morgan fingerprint density at radius 1 is 0.857 bits per heavy atom. The lowest BCUT2D eigenvalue weighted by molar-refractivity contribution is 0.170. The minimum absolute atomic E-state index is 1.04. The Morgan fingerprint density at radius 3 is 2.57 bits per heavy atom. The van der Waals surface area contributed by atoms with Crippen molar-refractivity contribution in [1.82, 2.24) is 0 Å². The average Bonchev–Trinajstić information content (AvgIpc) is 2.57. The van der Waals surface area contributed by atoms with E-state index < -0.39 is 0 Å². The summed E-state index contributed by atoms with van der Waals surface area (Å²) in [6.45, 7) is 2.52. The van der Waals surface area contributed by atoms with Gasteiger partial charge in [0.1, 0.15) is 0 Å². The van der Waals surface area contributed by atoms with E-state index >= 15 is 0 Å². The second-order valence-electron chi connectivity index (χ2n) is 5.65. The SMILES string of the molecule is C[C@H]1CCCC2SC3CCCCC3C21. The van der Waals surface area contributed by atoms with Gasteiger partial charge in [-0.15, -0.1) is 0 Å². The van der Waals surface area contributed by atoms with Crippen LogP contribution < -0.4 is 0 Å². The largest absolute Gasteiger partial charge is 0.155 e. The van der Waals surface area contributed by atoms with Gasteiger partial charge < -0.3 is 0 Å². The second kappa shape index (κ2) is 3.73. The lowest BCUT2D eigenvalue weighted by Crippen LogP contribution is -2.32. The third-order valence-electron chi connectivity index (χ3n) is 4.83. The van der Waals surface area contributed by atoms with Crippen molar-refractivity contribution in [2.24, 2.45) is 17.8 Å². The van der Waals surface area contributed by atoms with Crippen LogP contribution in [0.1, 0.15) is 51.9 Å². The van der Waals surface area contributed by atoms with Crippen molar-refractivity contribution in [1.29, 1.82) is 0 Å². The third kappa shape index (κ3) is 1.43. The van der Waals surface area contributed by atoms with Crippen LogP contribution in [0.4, 0.5) is 0 Å². The number of thioether (sulfide) groups is 1. The summed E-state index contributed by atoms with van der Waals surface area (Å²) >= 11 is 2.38. The zero-order chi connectivity index (χ0) is 9.54. The first-order chi connectivity index (χ1) is 6.86. The standard InChI is InChI=1S/C13H22S/c1-9-5-4-8-12-13(9)10-6-2-3-7-11(10)14-12/h9-13H,2-8H2,1H3/t9-,10?,11?,12?,13?/m0/s1. The molecule has 3 fully saturated rings. The topological polar surface area (TPSA) is 0 Å². The first-order valence-corrected chi connectivity index (χ1v) is 7.46. The van der Waals surface area contributed by atoms with E-state index in [0.717, 1.165) is 28.3 Å². The van der Waals surface area contributed by atoms with Gasteiger partial charge in [-0.25, -0.2) is 0 Å². The van der Waals surface area contributed by atoms with Crippen molar-refractivity contribution >= 4 is 11.8 Å². The molecule has 14 heavy (non-hydrogen) atoms. The molecule has 0 amide bonds. The fourth-order valence-corrected chi connectivity index (χ4v) is 6.43. The predicted molar refractivity (Wildman–Crippen MR) is 63.6 cm³/mol. The summed E-state index contributed by atoms with van der Waals surface area (Å²) in [5.74, 6) is 3.27. The van der Waals surface area contributed by atoms with Crippen molar-refractivity contribution in [2.45, 2.75) is 62.4 Å². The molecule has 4 unspecified atom stereocenters. The first kappa shape index (κ1) is 9.57. The minimum atomic E-state index is 1.04. The molecule has 1 aliphatic heterocycles. The summed E-state index contributed by atoms with van der Waals surface area (Å²) in [5.41, 5.74) is 0. The van der Waals surface area contributed by atoms with E-state index in [1.165, 1.54) is 38.5 Å². The normalized spacial score (nSPS) is 52.5. The molecule has 0 aromatic carbocycles. The highest BCUT2D eigenvalue weighted by molar-refractivity contribution is 8.00. The van der Waals surface area contributed by atoms with Gasteiger partial charge in [0.05, 0.1) is 0 Å². The van der Waals surface area contributed by atoms with Gasteiger partial charge in [-0.2, -0.15) is 11.8 Å². The van der Waals surface area contributed by atoms with Crippen molar-refractivity contribution in [3.05, 3.63) is 0 Å². The molecule has 1 saturated heterocycles. The van der Waals surface area contributed by atoms with Crippen LogP contribution >= 0.6 is 11.8 Å². The van der Waals surface area contributed by atoms with Gasteiger partial charge in [0.2, 0.25) is 0 Å².